The van der Waals surface area contributed by atoms with Crippen molar-refractivity contribution in [3.05, 3.63) is 24.3 Å². The van der Waals surface area contributed by atoms with Crippen molar-refractivity contribution in [2.24, 2.45) is 0 Å². The van der Waals surface area contributed by atoms with Crippen molar-refractivity contribution in [2.45, 2.75) is 398 Å². The summed E-state index contributed by atoms with van der Waals surface area (Å²) in [5, 5.41) is 14.0. The van der Waals surface area contributed by atoms with Crippen molar-refractivity contribution >= 4 is 13.7 Å². The quantitative estimate of drug-likeness (QED) is 0.0272. The summed E-state index contributed by atoms with van der Waals surface area (Å²) in [5.41, 5.74) is 0. The summed E-state index contributed by atoms with van der Waals surface area (Å²) in [6, 6.07) is -0.884. The van der Waals surface area contributed by atoms with Gasteiger partial charge >= 0.3 is 0 Å². The number of unbranched alkanes of at least 4 members (excludes halogenated alkanes) is 54. The Bertz CT molecular complexity index is 1390. The zero-order valence-corrected chi connectivity index (χ0v) is 56.9. The molecular weight excluding hydrogens is 1030 g/mol. The molecule has 0 saturated carbocycles. The fourth-order valence-electron chi connectivity index (χ4n) is 11.4. The predicted molar refractivity (Wildman–Crippen MR) is 358 cm³/mol. The van der Waals surface area contributed by atoms with Gasteiger partial charge in [-0.05, 0) is 44.9 Å². The molecule has 0 aliphatic rings. The number of likely N-dealkylation sites (N-methyl/N-ethyl adjacent to an activating group) is 1. The zero-order chi connectivity index (χ0) is 59.8. The standard InChI is InChI=1S/C73H145N2O6P/c1-6-8-10-12-14-16-18-20-22-24-26-28-29-30-31-32-33-34-35-36-37-38-39-40-41-42-43-44-45-47-49-51-53-55-57-59-61-63-65-67-73(77)74-71(70-81-82(78,79)80-69-68-75(3,4)5)72(76)66-64-62-60-58-56-54-52-50-48-46-27-25-23-21-19-17-15-13-11-9-7-2/h24,26,64,66,71-72,76H,6-23,25,27-63,65,67-70H2,1-5H3,(H-,74,77,78,79)/b26-24-,66-64+. The van der Waals surface area contributed by atoms with Crippen molar-refractivity contribution in [1.29, 1.82) is 0 Å². The average molecular weight is 1180 g/mol. The van der Waals surface area contributed by atoms with E-state index in [1.54, 1.807) is 6.08 Å². The van der Waals surface area contributed by atoms with Crippen LogP contribution in [0.4, 0.5) is 0 Å². The largest absolute Gasteiger partial charge is 0.756 e. The first-order chi connectivity index (χ1) is 40.0. The van der Waals surface area contributed by atoms with Crippen LogP contribution >= 0.6 is 7.82 Å². The Hall–Kier alpha value is -1.02. The van der Waals surface area contributed by atoms with Gasteiger partial charge in [0, 0.05) is 6.42 Å². The predicted octanol–water partition coefficient (Wildman–Crippen LogP) is 22.8. The topological polar surface area (TPSA) is 108 Å². The lowest BCUT2D eigenvalue weighted by Gasteiger charge is -2.29. The van der Waals surface area contributed by atoms with E-state index in [1.165, 1.54) is 327 Å². The van der Waals surface area contributed by atoms with Gasteiger partial charge < -0.3 is 28.8 Å². The van der Waals surface area contributed by atoms with Crippen molar-refractivity contribution < 1.29 is 32.9 Å². The molecule has 2 N–H and O–H groups in total. The summed E-state index contributed by atoms with van der Waals surface area (Å²) >= 11 is 0. The number of nitrogens with one attached hydrogen (secondary N) is 1. The number of hydrogen-bond donors (Lipinski definition) is 2. The Morgan fingerprint density at radius 3 is 0.951 bits per heavy atom. The monoisotopic (exact) mass is 1180 g/mol. The van der Waals surface area contributed by atoms with Crippen LogP contribution in [0.3, 0.4) is 0 Å². The first-order valence-corrected chi connectivity index (χ1v) is 38.2. The molecule has 488 valence electrons. The lowest BCUT2D eigenvalue weighted by Crippen LogP contribution is -2.45. The van der Waals surface area contributed by atoms with Crippen LogP contribution in [0.25, 0.3) is 0 Å². The van der Waals surface area contributed by atoms with Crippen LogP contribution in [0.2, 0.25) is 0 Å². The Balaban J connectivity index is 3.91. The van der Waals surface area contributed by atoms with Crippen molar-refractivity contribution in [2.75, 3.05) is 40.9 Å². The molecule has 8 nitrogen and oxygen atoms in total. The molecule has 3 unspecified atom stereocenters. The van der Waals surface area contributed by atoms with Crippen LogP contribution in [-0.4, -0.2) is 68.5 Å². The molecule has 0 aliphatic heterocycles. The fraction of sp³-hybridized carbons (Fsp3) is 0.932. The van der Waals surface area contributed by atoms with Gasteiger partial charge in [-0.3, -0.25) is 9.36 Å². The Labute approximate surface area is 513 Å². The van der Waals surface area contributed by atoms with E-state index in [-0.39, 0.29) is 19.1 Å². The molecule has 0 aliphatic carbocycles. The number of aliphatic hydroxyl groups is 1. The number of phosphoric ester groups is 1. The first-order valence-electron chi connectivity index (χ1n) is 36.7. The number of amides is 1. The number of carbonyl (C=O) groups is 1. The van der Waals surface area contributed by atoms with Gasteiger partial charge in [0.2, 0.25) is 5.91 Å². The molecule has 82 heavy (non-hydrogen) atoms. The van der Waals surface area contributed by atoms with Crippen LogP contribution in [0, 0.1) is 0 Å². The minimum Gasteiger partial charge on any atom is -0.756 e. The number of quaternary nitrogens is 1. The maximum Gasteiger partial charge on any atom is 0.268 e. The van der Waals surface area contributed by atoms with Crippen LogP contribution in [-0.2, 0) is 18.4 Å². The molecule has 0 radical (unpaired) electrons. The third-order valence-corrected chi connectivity index (χ3v) is 18.1. The van der Waals surface area contributed by atoms with E-state index < -0.39 is 20.0 Å². The van der Waals surface area contributed by atoms with Gasteiger partial charge in [-0.15, -0.1) is 0 Å². The molecule has 1 amide bonds. The molecule has 0 heterocycles. The number of phosphoric acid groups is 1. The van der Waals surface area contributed by atoms with Crippen LogP contribution in [0.1, 0.15) is 386 Å². The number of hydrogen-bond acceptors (Lipinski definition) is 6. The molecule has 0 fully saturated rings. The van der Waals surface area contributed by atoms with Crippen molar-refractivity contribution in [3.63, 3.8) is 0 Å². The highest BCUT2D eigenvalue weighted by Gasteiger charge is 2.23. The maximum absolute atomic E-state index is 13.0. The van der Waals surface area contributed by atoms with Crippen LogP contribution in [0.5, 0.6) is 0 Å². The number of aliphatic hydroxyl groups excluding tert-OH is 1. The lowest BCUT2D eigenvalue weighted by atomic mass is 10.0. The summed E-state index contributed by atoms with van der Waals surface area (Å²) in [4.78, 5) is 25.6. The third-order valence-electron chi connectivity index (χ3n) is 17.2. The summed E-state index contributed by atoms with van der Waals surface area (Å²) < 4.78 is 23.5. The van der Waals surface area contributed by atoms with Crippen molar-refractivity contribution in [1.82, 2.24) is 5.32 Å². The molecule has 0 rings (SSSR count). The van der Waals surface area contributed by atoms with Crippen LogP contribution < -0.4 is 10.2 Å². The van der Waals surface area contributed by atoms with E-state index in [0.29, 0.717) is 17.4 Å². The van der Waals surface area contributed by atoms with E-state index in [2.05, 4.69) is 31.3 Å². The number of carbonyl (C=O) groups excluding carboxylic acids is 1. The summed E-state index contributed by atoms with van der Waals surface area (Å²) in [7, 11) is 1.28. The van der Waals surface area contributed by atoms with Gasteiger partial charge in [0.25, 0.3) is 7.82 Å². The van der Waals surface area contributed by atoms with Gasteiger partial charge in [-0.1, -0.05) is 359 Å². The van der Waals surface area contributed by atoms with Gasteiger partial charge in [-0.2, -0.15) is 0 Å². The van der Waals surface area contributed by atoms with Gasteiger partial charge in [0.1, 0.15) is 13.2 Å². The number of nitrogens with zero attached hydrogens (tertiary/aromatic N) is 1. The number of allylic oxidation sites excluding steroid dienone is 3. The first kappa shape index (κ1) is 81.0. The minimum absolute atomic E-state index is 0.00229. The SMILES string of the molecule is CCCCCCCCCC/C=C\CCCCCCCCCCCCCCCCCCCCCCCCCCCCCC(=O)NC(COP(=O)([O-])OCC[N+](C)(C)C)C(O)/C=C/CCCCCCCCCCCCCCCCCCCCC. The molecule has 0 aromatic rings. The van der Waals surface area contributed by atoms with Gasteiger partial charge in [0.15, 0.2) is 0 Å². The zero-order valence-electron chi connectivity index (χ0n) is 56.0. The Kier molecular flexibility index (Phi) is 63.7. The molecule has 3 atom stereocenters. The Morgan fingerprint density at radius 2 is 0.671 bits per heavy atom. The minimum atomic E-state index is -4.60. The molecule has 0 saturated heterocycles. The molecule has 0 aromatic carbocycles. The van der Waals surface area contributed by atoms with Gasteiger partial charge in [0.05, 0.1) is 39.9 Å². The average Bonchev–Trinajstić information content (AvgIpc) is 3.46. The van der Waals surface area contributed by atoms with Crippen molar-refractivity contribution in [3.8, 4) is 0 Å². The molecule has 0 aromatic heterocycles. The summed E-state index contributed by atoms with van der Waals surface area (Å²) in [6.45, 7) is 4.71. The Morgan fingerprint density at radius 1 is 0.415 bits per heavy atom. The van der Waals surface area contributed by atoms with E-state index in [1.807, 2.05) is 27.2 Å². The highest BCUT2D eigenvalue weighted by molar-refractivity contribution is 7.45. The summed E-state index contributed by atoms with van der Waals surface area (Å²) in [6.07, 6.45) is 84.7. The molecule has 0 bridgehead atoms. The van der Waals surface area contributed by atoms with E-state index in [9.17, 15) is 19.4 Å². The molecule has 0 spiro atoms. The second-order valence-corrected chi connectivity index (χ2v) is 28.1. The fourth-order valence-corrected chi connectivity index (χ4v) is 12.2. The highest BCUT2D eigenvalue weighted by Crippen LogP contribution is 2.38. The summed E-state index contributed by atoms with van der Waals surface area (Å²) in [5.74, 6) is -0.188. The smallest absolute Gasteiger partial charge is 0.268 e. The second-order valence-electron chi connectivity index (χ2n) is 26.7. The maximum atomic E-state index is 13.0. The molecular formula is C73H145N2O6P. The van der Waals surface area contributed by atoms with E-state index >= 15 is 0 Å². The lowest BCUT2D eigenvalue weighted by molar-refractivity contribution is -0.870. The van der Waals surface area contributed by atoms with E-state index in [4.69, 9.17) is 9.05 Å². The molecule has 9 heteroatoms. The van der Waals surface area contributed by atoms with Gasteiger partial charge in [-0.25, -0.2) is 0 Å². The normalized spacial score (nSPS) is 13.7. The van der Waals surface area contributed by atoms with Crippen LogP contribution in [0.15, 0.2) is 24.3 Å². The highest BCUT2D eigenvalue weighted by atomic mass is 31.2. The third kappa shape index (κ3) is 66.5. The van der Waals surface area contributed by atoms with E-state index in [0.717, 1.165) is 38.5 Å². The second kappa shape index (κ2) is 64.5. The number of rotatable bonds is 69.